The number of hydrogen-bond donors (Lipinski definition) is 4. The van der Waals surface area contributed by atoms with E-state index in [0.717, 1.165) is 30.8 Å². The topological polar surface area (TPSA) is 114 Å². The molecule has 94 valence electrons. The monoisotopic (exact) mass is 256 g/mol. The zero-order valence-corrected chi connectivity index (χ0v) is 10.2. The van der Waals surface area contributed by atoms with Gasteiger partial charge in [0.15, 0.2) is 5.82 Å². The standard InChI is InChI=1S/C10H16N4O2S/c11-8-7(9(12)16)10(17-14-8)13-4-5-1-2-6(15)3-5/h5-6,13,15H,1-4H2,(H2,11,14)(H2,12,16). The number of rotatable bonds is 4. The highest BCUT2D eigenvalue weighted by Crippen LogP contribution is 2.29. The molecule has 17 heavy (non-hydrogen) atoms. The van der Waals surface area contributed by atoms with E-state index in [1.165, 1.54) is 0 Å². The number of nitrogens with two attached hydrogens (primary N) is 2. The molecule has 0 spiro atoms. The van der Waals surface area contributed by atoms with E-state index in [1.807, 2.05) is 0 Å². The summed E-state index contributed by atoms with van der Waals surface area (Å²) in [7, 11) is 0. The molecule has 1 aromatic rings. The van der Waals surface area contributed by atoms with Crippen LogP contribution in [0.3, 0.4) is 0 Å². The number of nitrogen functional groups attached to an aromatic ring is 1. The fourth-order valence-electron chi connectivity index (χ4n) is 2.13. The third kappa shape index (κ3) is 2.67. The molecule has 2 rings (SSSR count). The maximum Gasteiger partial charge on any atom is 0.255 e. The van der Waals surface area contributed by atoms with Crippen molar-refractivity contribution in [1.29, 1.82) is 0 Å². The molecule has 0 aliphatic heterocycles. The molecule has 0 aromatic carbocycles. The van der Waals surface area contributed by atoms with Gasteiger partial charge in [-0.05, 0) is 36.7 Å². The van der Waals surface area contributed by atoms with Crippen LogP contribution in [0.1, 0.15) is 29.6 Å². The van der Waals surface area contributed by atoms with E-state index in [-0.39, 0.29) is 17.5 Å². The van der Waals surface area contributed by atoms with E-state index in [0.29, 0.717) is 17.5 Å². The first-order valence-corrected chi connectivity index (χ1v) is 6.32. The average Bonchev–Trinajstić information content (AvgIpc) is 2.82. The van der Waals surface area contributed by atoms with Crippen LogP contribution >= 0.6 is 11.5 Å². The SMILES string of the molecule is NC(=O)c1c(N)nsc1NCC1CCC(O)C1. The third-order valence-corrected chi connectivity index (χ3v) is 3.85. The Labute approximate surface area is 103 Å². The third-order valence-electron chi connectivity index (χ3n) is 3.03. The number of anilines is 2. The lowest BCUT2D eigenvalue weighted by atomic mass is 10.1. The number of primary amides is 1. The van der Waals surface area contributed by atoms with Gasteiger partial charge in [-0.25, -0.2) is 0 Å². The Morgan fingerprint density at radius 2 is 2.35 bits per heavy atom. The maximum absolute atomic E-state index is 11.2. The molecule has 1 heterocycles. The van der Waals surface area contributed by atoms with E-state index in [4.69, 9.17) is 11.5 Å². The number of nitrogens with zero attached hydrogens (tertiary/aromatic N) is 1. The normalized spacial score (nSPS) is 23.8. The van der Waals surface area contributed by atoms with E-state index in [9.17, 15) is 9.90 Å². The molecule has 1 fully saturated rings. The Bertz CT molecular complexity index is 420. The summed E-state index contributed by atoms with van der Waals surface area (Å²) in [5, 5.41) is 13.2. The predicted molar refractivity (Wildman–Crippen MR) is 66.9 cm³/mol. The summed E-state index contributed by atoms with van der Waals surface area (Å²) in [6, 6.07) is 0. The molecular weight excluding hydrogens is 240 g/mol. The van der Waals surface area contributed by atoms with Crippen LogP contribution in [0.15, 0.2) is 0 Å². The van der Waals surface area contributed by atoms with Crippen LogP contribution in [0.25, 0.3) is 0 Å². The Morgan fingerprint density at radius 3 is 2.94 bits per heavy atom. The first kappa shape index (κ1) is 12.1. The second-order valence-electron chi connectivity index (χ2n) is 4.35. The van der Waals surface area contributed by atoms with Crippen LogP contribution < -0.4 is 16.8 Å². The summed E-state index contributed by atoms with van der Waals surface area (Å²) in [6.07, 6.45) is 2.45. The van der Waals surface area contributed by atoms with Crippen molar-refractivity contribution in [3.63, 3.8) is 0 Å². The first-order valence-electron chi connectivity index (χ1n) is 5.54. The minimum Gasteiger partial charge on any atom is -0.393 e. The van der Waals surface area contributed by atoms with Gasteiger partial charge in [-0.2, -0.15) is 4.37 Å². The van der Waals surface area contributed by atoms with Gasteiger partial charge in [0.2, 0.25) is 0 Å². The lowest BCUT2D eigenvalue weighted by molar-refractivity contribution is 0.100. The number of carbonyl (C=O) groups is 1. The molecule has 1 amide bonds. The number of carbonyl (C=O) groups excluding carboxylic acids is 1. The lowest BCUT2D eigenvalue weighted by Gasteiger charge is -2.10. The van der Waals surface area contributed by atoms with Crippen molar-refractivity contribution in [2.45, 2.75) is 25.4 Å². The Morgan fingerprint density at radius 1 is 1.59 bits per heavy atom. The number of nitrogens with one attached hydrogen (secondary N) is 1. The summed E-state index contributed by atoms with van der Waals surface area (Å²) < 4.78 is 3.90. The molecule has 1 aromatic heterocycles. The summed E-state index contributed by atoms with van der Waals surface area (Å²) in [5.41, 5.74) is 11.1. The van der Waals surface area contributed by atoms with Crippen molar-refractivity contribution in [1.82, 2.24) is 4.37 Å². The van der Waals surface area contributed by atoms with Gasteiger partial charge in [-0.1, -0.05) is 0 Å². The molecule has 6 N–H and O–H groups in total. The van der Waals surface area contributed by atoms with Gasteiger partial charge in [0, 0.05) is 6.54 Å². The molecule has 2 unspecified atom stereocenters. The number of hydrogen-bond acceptors (Lipinski definition) is 6. The minimum atomic E-state index is -0.565. The number of aliphatic hydroxyl groups excluding tert-OH is 1. The minimum absolute atomic E-state index is 0.177. The highest BCUT2D eigenvalue weighted by atomic mass is 32.1. The first-order chi connectivity index (χ1) is 8.08. The fraction of sp³-hybridized carbons (Fsp3) is 0.600. The predicted octanol–water partition coefficient (Wildman–Crippen LogP) is 0.397. The van der Waals surface area contributed by atoms with Crippen LogP contribution in [0.4, 0.5) is 10.8 Å². The molecule has 6 nitrogen and oxygen atoms in total. The number of aliphatic hydroxyl groups is 1. The maximum atomic E-state index is 11.2. The summed E-state index contributed by atoms with van der Waals surface area (Å²) in [4.78, 5) is 11.2. The highest BCUT2D eigenvalue weighted by Gasteiger charge is 2.23. The summed E-state index contributed by atoms with van der Waals surface area (Å²) in [6.45, 7) is 0.707. The quantitative estimate of drug-likeness (QED) is 0.622. The van der Waals surface area contributed by atoms with Gasteiger partial charge in [-0.15, -0.1) is 0 Å². The smallest absolute Gasteiger partial charge is 0.255 e. The van der Waals surface area contributed by atoms with Gasteiger partial charge in [0.25, 0.3) is 5.91 Å². The molecule has 1 aliphatic carbocycles. The molecule has 7 heteroatoms. The van der Waals surface area contributed by atoms with Gasteiger partial charge in [-0.3, -0.25) is 4.79 Å². The van der Waals surface area contributed by atoms with Crippen LogP contribution in [0.2, 0.25) is 0 Å². The van der Waals surface area contributed by atoms with Gasteiger partial charge in [0.05, 0.1) is 6.10 Å². The van der Waals surface area contributed by atoms with Crippen molar-refractivity contribution in [3.8, 4) is 0 Å². The van der Waals surface area contributed by atoms with Crippen LogP contribution in [0.5, 0.6) is 0 Å². The van der Waals surface area contributed by atoms with Gasteiger partial charge < -0.3 is 21.9 Å². The molecule has 0 saturated heterocycles. The second kappa shape index (κ2) is 4.89. The molecule has 0 radical (unpaired) electrons. The van der Waals surface area contributed by atoms with Gasteiger partial charge >= 0.3 is 0 Å². The van der Waals surface area contributed by atoms with Gasteiger partial charge in [0.1, 0.15) is 10.6 Å². The van der Waals surface area contributed by atoms with Crippen molar-refractivity contribution in [2.24, 2.45) is 11.7 Å². The largest absolute Gasteiger partial charge is 0.393 e. The molecule has 1 aliphatic rings. The number of amides is 1. The zero-order valence-electron chi connectivity index (χ0n) is 9.35. The Balaban J connectivity index is 1.97. The van der Waals surface area contributed by atoms with Crippen LogP contribution in [0, 0.1) is 5.92 Å². The van der Waals surface area contributed by atoms with E-state index < -0.39 is 5.91 Å². The van der Waals surface area contributed by atoms with Crippen molar-refractivity contribution in [2.75, 3.05) is 17.6 Å². The van der Waals surface area contributed by atoms with E-state index >= 15 is 0 Å². The van der Waals surface area contributed by atoms with Crippen molar-refractivity contribution >= 4 is 28.3 Å². The van der Waals surface area contributed by atoms with E-state index in [1.54, 1.807) is 0 Å². The molecule has 1 saturated carbocycles. The Kier molecular flexibility index (Phi) is 3.49. The zero-order chi connectivity index (χ0) is 12.4. The second-order valence-corrected chi connectivity index (χ2v) is 5.12. The van der Waals surface area contributed by atoms with Crippen LogP contribution in [-0.2, 0) is 0 Å². The van der Waals surface area contributed by atoms with Crippen molar-refractivity contribution < 1.29 is 9.90 Å². The average molecular weight is 256 g/mol. The van der Waals surface area contributed by atoms with E-state index in [2.05, 4.69) is 9.69 Å². The molecule has 0 bridgehead atoms. The summed E-state index contributed by atoms with van der Waals surface area (Å²) >= 11 is 1.14. The summed E-state index contributed by atoms with van der Waals surface area (Å²) in [5.74, 6) is 0.0377. The van der Waals surface area contributed by atoms with Crippen molar-refractivity contribution in [3.05, 3.63) is 5.56 Å². The Hall–Kier alpha value is -1.34. The lowest BCUT2D eigenvalue weighted by Crippen LogP contribution is -2.17. The highest BCUT2D eigenvalue weighted by molar-refractivity contribution is 7.11. The number of aromatic nitrogens is 1. The van der Waals surface area contributed by atoms with Crippen LogP contribution in [-0.4, -0.2) is 28.0 Å². The fourth-order valence-corrected chi connectivity index (χ4v) is 2.86. The molecular formula is C10H16N4O2S. The molecule has 2 atom stereocenters.